The van der Waals surface area contributed by atoms with Crippen LogP contribution in [-0.2, 0) is 35.1 Å². The topological polar surface area (TPSA) is 311 Å². The number of nitrogens with one attached hydrogen (secondary N) is 3. The van der Waals surface area contributed by atoms with Gasteiger partial charge < -0.3 is 25.4 Å². The summed E-state index contributed by atoms with van der Waals surface area (Å²) in [4.78, 5) is 80.6. The van der Waals surface area contributed by atoms with Crippen molar-refractivity contribution in [3.63, 3.8) is 0 Å². The molecule has 35 heteroatoms. The minimum Gasteiger partial charge on any atom is -0.460 e. The molecule has 672 valence electrons. The summed E-state index contributed by atoms with van der Waals surface area (Å²) in [7, 11) is 0. The van der Waals surface area contributed by atoms with Crippen LogP contribution in [-0.4, -0.2) is 179 Å². The van der Waals surface area contributed by atoms with Crippen LogP contribution in [0.5, 0.6) is 0 Å². The number of ether oxygens (including phenoxy) is 2. The van der Waals surface area contributed by atoms with E-state index in [0.29, 0.717) is 76.3 Å². The number of halogens is 5. The molecule has 5 aliphatic rings. The number of hydrogen-bond acceptors (Lipinski definition) is 23. The molecule has 130 heavy (non-hydrogen) atoms. The van der Waals surface area contributed by atoms with E-state index in [1.807, 2.05) is 205 Å². The number of aromatic nitrogens is 13. The van der Waals surface area contributed by atoms with Crippen molar-refractivity contribution in [3.8, 4) is 20.7 Å². The van der Waals surface area contributed by atoms with Crippen molar-refractivity contribution in [2.24, 2.45) is 20.0 Å². The largest absolute Gasteiger partial charge is 0.460 e. The Kier molecular flexibility index (Phi) is 28.4. The molecule has 0 spiro atoms. The van der Waals surface area contributed by atoms with Crippen molar-refractivity contribution in [3.05, 3.63) is 295 Å². The smallest absolute Gasteiger partial charge is 0.321 e. The molecule has 0 radical (unpaired) electrons. The van der Waals surface area contributed by atoms with E-state index >= 15 is 0 Å². The quantitative estimate of drug-likeness (QED) is 0.0634. The van der Waals surface area contributed by atoms with Gasteiger partial charge in [-0.3, -0.25) is 67.3 Å². The molecule has 18 rings (SSSR count). The minimum atomic E-state index is -3.48. The van der Waals surface area contributed by atoms with Crippen molar-refractivity contribution in [1.29, 1.82) is 0 Å². The molecule has 3 N–H and O–H groups in total. The third-order valence-corrected chi connectivity index (χ3v) is 27.0. The summed E-state index contributed by atoms with van der Waals surface area (Å²) < 4.78 is 45.8. The van der Waals surface area contributed by atoms with Gasteiger partial charge in [0.2, 0.25) is 11.8 Å². The van der Waals surface area contributed by atoms with Crippen molar-refractivity contribution in [1.82, 2.24) is 84.9 Å². The van der Waals surface area contributed by atoms with Gasteiger partial charge in [-0.15, -0.1) is 74.8 Å². The maximum Gasteiger partial charge on any atom is 0.321 e. The van der Waals surface area contributed by atoms with Gasteiger partial charge in [0.1, 0.15) is 68.1 Å². The third kappa shape index (κ3) is 20.6. The molecule has 0 bridgehead atoms. The van der Waals surface area contributed by atoms with Gasteiger partial charge in [0.25, 0.3) is 5.91 Å². The molecule has 0 saturated carbocycles. The molecular formula is C95H98Cl3F2N21O6S3. The second-order valence-electron chi connectivity index (χ2n) is 33.1. The number of alkyl halides is 2. The molecule has 1 saturated heterocycles. The standard InChI is InChI=1S/C26H25ClN6OS.C25H29ClN6O2S.C23H24N4O2.C21H20ClF2N5OS/c1-15-16(2)35-26-23(15)24(19-6-8-20(27)9-7-19)30-21(25-32-31-17(3)33(25)26)13-22(34)29-12-10-18-5-4-11-28-14-18;1-15-16(2)35-25-22(15)23(18-4-6-19(26)7-5-18)28-20(24-30-29-17(3)32(24)25)14-21(33)27-8-9-31-10-12-34-13-11-31;1-15-25-26-22-18(14-20(28)29-23(2,3)4)24-21(16-10-6-5-7-11-16)17-12-8-9-13-19(17)27(15)22;1-10-11(2)31-19-16(10)17(13-5-7-14(22)8-6-13)26-15(9-25-20(30)21(4,23)24)18-28-27-12(3)29(18)19/h4-9,11,14,21H,10,12-13H2,1-3H3,(H,29,34);4-7,20H,8-14H2,1-3H3,(H,27,33);5-13,18H,14H2,1-4H3;5-8,15H,9H2,1-4H3,(H,25,30)/t21-;20-;18-;15-/m0000/s1. The van der Waals surface area contributed by atoms with Gasteiger partial charge in [0, 0.05) is 133 Å². The number of para-hydroxylation sites is 1. The fraction of sp³-hybridized carbons (Fsp3) is 0.337. The van der Waals surface area contributed by atoms with Crippen LogP contribution in [0.15, 0.2) is 172 Å². The Morgan fingerprint density at radius 3 is 1.31 bits per heavy atom. The molecule has 13 heterocycles. The lowest BCUT2D eigenvalue weighted by Gasteiger charge is -2.26. The van der Waals surface area contributed by atoms with E-state index in [1.54, 1.807) is 52.3 Å². The number of hydrogen-bond donors (Lipinski definition) is 3. The summed E-state index contributed by atoms with van der Waals surface area (Å²) in [5, 5.41) is 48.0. The van der Waals surface area contributed by atoms with Crippen LogP contribution in [0.25, 0.3) is 20.7 Å². The maximum absolute atomic E-state index is 13.4. The highest BCUT2D eigenvalue weighted by Crippen LogP contribution is 2.44. The number of fused-ring (bicyclic) bond motifs is 12. The van der Waals surface area contributed by atoms with Gasteiger partial charge >= 0.3 is 11.9 Å². The second kappa shape index (κ2) is 39.8. The summed E-state index contributed by atoms with van der Waals surface area (Å²) in [6.07, 6.45) is 4.74. The first kappa shape index (κ1) is 92.8. The van der Waals surface area contributed by atoms with Crippen LogP contribution >= 0.6 is 68.8 Å². The van der Waals surface area contributed by atoms with Crippen molar-refractivity contribution in [2.75, 3.05) is 52.5 Å². The van der Waals surface area contributed by atoms with Gasteiger partial charge in [-0.2, -0.15) is 8.78 Å². The zero-order valence-corrected chi connectivity index (χ0v) is 79.1. The first-order chi connectivity index (χ1) is 62.2. The Balaban J connectivity index is 0.000000133. The third-order valence-electron chi connectivity index (χ3n) is 22.7. The van der Waals surface area contributed by atoms with E-state index in [2.05, 4.69) is 103 Å². The fourth-order valence-corrected chi connectivity index (χ4v) is 19.9. The molecular weight excluding hydrogens is 1770 g/mol. The predicted molar refractivity (Wildman–Crippen MR) is 505 cm³/mol. The highest BCUT2D eigenvalue weighted by molar-refractivity contribution is 7.16. The van der Waals surface area contributed by atoms with Crippen LogP contribution in [0, 0.1) is 69.2 Å². The Labute approximate surface area is 778 Å². The molecule has 0 aliphatic carbocycles. The van der Waals surface area contributed by atoms with Crippen molar-refractivity contribution < 1.29 is 37.4 Å². The Morgan fingerprint density at radius 2 is 0.862 bits per heavy atom. The summed E-state index contributed by atoms with van der Waals surface area (Å²) in [5.41, 5.74) is 15.9. The zero-order chi connectivity index (χ0) is 92.1. The summed E-state index contributed by atoms with van der Waals surface area (Å²) >= 11 is 23.4. The van der Waals surface area contributed by atoms with E-state index in [9.17, 15) is 28.0 Å². The number of esters is 1. The molecule has 3 amide bonds. The first-order valence-corrected chi connectivity index (χ1v) is 46.2. The Morgan fingerprint density at radius 1 is 0.462 bits per heavy atom. The lowest BCUT2D eigenvalue weighted by Crippen LogP contribution is -2.41. The van der Waals surface area contributed by atoms with E-state index < -0.39 is 41.6 Å². The van der Waals surface area contributed by atoms with Gasteiger partial charge in [0.05, 0.1) is 61.0 Å². The molecule has 13 aromatic rings. The van der Waals surface area contributed by atoms with Crippen molar-refractivity contribution in [2.45, 2.75) is 158 Å². The van der Waals surface area contributed by atoms with E-state index in [-0.39, 0.29) is 43.6 Å². The predicted octanol–water partition coefficient (Wildman–Crippen LogP) is 17.4. The number of thiophene rings is 3. The number of nitrogens with zero attached hydrogens (tertiary/aromatic N) is 18. The Hall–Kier alpha value is -11.9. The number of amides is 3. The molecule has 5 aromatic carbocycles. The van der Waals surface area contributed by atoms with Crippen LogP contribution in [0.1, 0.15) is 199 Å². The number of carbonyl (C=O) groups excluding carboxylic acids is 4. The number of pyridine rings is 1. The maximum atomic E-state index is 13.4. The summed E-state index contributed by atoms with van der Waals surface area (Å²) in [5.74, 6) is 0.198. The molecule has 27 nitrogen and oxygen atoms in total. The van der Waals surface area contributed by atoms with Crippen LogP contribution in [0.3, 0.4) is 0 Å². The highest BCUT2D eigenvalue weighted by atomic mass is 35.5. The number of aliphatic imine (C=N–C) groups is 4. The lowest BCUT2D eigenvalue weighted by atomic mass is 9.99. The van der Waals surface area contributed by atoms with E-state index in [4.69, 9.17) is 64.2 Å². The average Bonchev–Trinajstić information content (AvgIpc) is 1.65. The molecule has 1 fully saturated rings. The average molecular weight is 1870 g/mol. The summed E-state index contributed by atoms with van der Waals surface area (Å²) in [6, 6.07) is 42.5. The SMILES string of the molecule is Cc1nnc2n1-c1ccccc1C(c1ccccc1)=N[C@H]2CC(=O)OC(C)(C)C.Cc1sc2c(c1C)C(c1ccc(Cl)cc1)=N[C@@H](CC(=O)NCCN1CCOCC1)c1nnc(C)n1-2.Cc1sc2c(c1C)C(c1ccc(Cl)cc1)=N[C@@H](CC(=O)NCCc1cccnc1)c1nnc(C)n1-2.Cc1sc2c(c1C)C(c1ccc(Cl)cc1)=N[C@@H](CNC(=O)C(C)(F)F)c1nnc(C)n1-2. The number of rotatable bonds is 19. The minimum absolute atomic E-state index is 0.0483. The number of aryl methyl sites for hydroxylation is 7. The second-order valence-corrected chi connectivity index (χ2v) is 38.0. The number of carbonyl (C=O) groups is 4. The Bertz CT molecular complexity index is 6500. The highest BCUT2D eigenvalue weighted by Gasteiger charge is 2.39. The monoisotopic (exact) mass is 1870 g/mol. The van der Waals surface area contributed by atoms with E-state index in [0.717, 1.165) is 149 Å². The van der Waals surface area contributed by atoms with Crippen LogP contribution in [0.2, 0.25) is 15.1 Å². The lowest BCUT2D eigenvalue weighted by molar-refractivity contribution is -0.155. The fourth-order valence-electron chi connectivity index (χ4n) is 15.9. The van der Waals surface area contributed by atoms with Gasteiger partial charge in [-0.1, -0.05) is 126 Å². The molecule has 0 unspecified atom stereocenters. The van der Waals surface area contributed by atoms with Crippen LogP contribution in [0.4, 0.5) is 8.78 Å². The van der Waals surface area contributed by atoms with E-state index in [1.165, 1.54) is 20.9 Å². The molecule has 8 aromatic heterocycles. The first-order valence-electron chi connectivity index (χ1n) is 42.6. The number of morpholine rings is 1. The van der Waals surface area contributed by atoms with Gasteiger partial charge in [0.15, 0.2) is 23.3 Å². The molecule has 4 atom stereocenters. The number of benzene rings is 5. The zero-order valence-electron chi connectivity index (χ0n) is 74.3. The van der Waals surface area contributed by atoms with Crippen LogP contribution < -0.4 is 16.0 Å². The van der Waals surface area contributed by atoms with Gasteiger partial charge in [-0.25, -0.2) is 0 Å². The summed E-state index contributed by atoms with van der Waals surface area (Å²) in [6.45, 7) is 31.4. The van der Waals surface area contributed by atoms with Gasteiger partial charge in [-0.05, 0) is 167 Å². The van der Waals surface area contributed by atoms with Crippen molar-refractivity contribution >= 4 is 115 Å². The normalized spacial score (nSPS) is 16.0. The molecule has 5 aliphatic heterocycles.